The fourth-order valence-corrected chi connectivity index (χ4v) is 3.31. The van der Waals surface area contributed by atoms with E-state index < -0.39 is 0 Å². The minimum absolute atomic E-state index is 0.118. The van der Waals surface area contributed by atoms with Gasteiger partial charge in [0.15, 0.2) is 0 Å². The smallest absolute Gasteiger partial charge is 0.256 e. The second kappa shape index (κ2) is 7.04. The summed E-state index contributed by atoms with van der Waals surface area (Å²) < 4.78 is 0. The van der Waals surface area contributed by atoms with Gasteiger partial charge in [0, 0.05) is 16.6 Å². The highest BCUT2D eigenvalue weighted by atomic mass is 16.1. The Morgan fingerprint density at radius 3 is 2.22 bits per heavy atom. The first-order valence-electron chi connectivity index (χ1n) is 8.96. The fraction of sp³-hybridized carbons (Fsp3) is 0.0833. The van der Waals surface area contributed by atoms with E-state index in [9.17, 15) is 4.79 Å². The van der Waals surface area contributed by atoms with Crippen molar-refractivity contribution in [2.75, 3.05) is 5.32 Å². The van der Waals surface area contributed by atoms with Gasteiger partial charge < -0.3 is 5.32 Å². The SMILES string of the molecule is Cc1ccc(NC(=O)c2c(C)c(-c3ccccc3)nc3ccccc23)cc1. The first kappa shape index (κ1) is 17.0. The highest BCUT2D eigenvalue weighted by Gasteiger charge is 2.18. The molecule has 132 valence electrons. The number of fused-ring (bicyclic) bond motifs is 1. The monoisotopic (exact) mass is 352 g/mol. The average molecular weight is 352 g/mol. The lowest BCUT2D eigenvalue weighted by atomic mass is 9.97. The van der Waals surface area contributed by atoms with Crippen LogP contribution in [0.25, 0.3) is 22.2 Å². The maximum absolute atomic E-state index is 13.2. The Labute approximate surface area is 158 Å². The van der Waals surface area contributed by atoms with Crippen molar-refractivity contribution in [1.82, 2.24) is 4.98 Å². The number of anilines is 1. The molecule has 0 aliphatic carbocycles. The number of hydrogen-bond acceptors (Lipinski definition) is 2. The second-order valence-electron chi connectivity index (χ2n) is 6.66. The summed E-state index contributed by atoms with van der Waals surface area (Å²) >= 11 is 0. The van der Waals surface area contributed by atoms with Crippen LogP contribution >= 0.6 is 0 Å². The predicted molar refractivity (Wildman–Crippen MR) is 111 cm³/mol. The number of para-hydroxylation sites is 1. The zero-order valence-corrected chi connectivity index (χ0v) is 15.4. The van der Waals surface area contributed by atoms with Crippen LogP contribution in [0.1, 0.15) is 21.5 Å². The van der Waals surface area contributed by atoms with Gasteiger partial charge in [0.25, 0.3) is 5.91 Å². The molecule has 1 amide bonds. The predicted octanol–water partition coefficient (Wildman–Crippen LogP) is 5.77. The van der Waals surface area contributed by atoms with Gasteiger partial charge in [-0.05, 0) is 37.6 Å². The lowest BCUT2D eigenvalue weighted by Crippen LogP contribution is -2.15. The van der Waals surface area contributed by atoms with Crippen LogP contribution < -0.4 is 5.32 Å². The van der Waals surface area contributed by atoms with E-state index in [0.29, 0.717) is 5.56 Å². The molecule has 3 nitrogen and oxygen atoms in total. The summed E-state index contributed by atoms with van der Waals surface area (Å²) in [7, 11) is 0. The van der Waals surface area contributed by atoms with E-state index in [-0.39, 0.29) is 5.91 Å². The van der Waals surface area contributed by atoms with Gasteiger partial charge in [-0.15, -0.1) is 0 Å². The molecule has 0 bridgehead atoms. The molecule has 0 saturated carbocycles. The molecule has 3 heteroatoms. The zero-order chi connectivity index (χ0) is 18.8. The van der Waals surface area contributed by atoms with Crippen molar-refractivity contribution in [3.8, 4) is 11.3 Å². The van der Waals surface area contributed by atoms with E-state index in [4.69, 9.17) is 4.98 Å². The van der Waals surface area contributed by atoms with Crippen LogP contribution in [0.2, 0.25) is 0 Å². The number of hydrogen-bond donors (Lipinski definition) is 1. The van der Waals surface area contributed by atoms with Gasteiger partial charge in [-0.3, -0.25) is 4.79 Å². The highest BCUT2D eigenvalue weighted by molar-refractivity contribution is 6.14. The Kier molecular flexibility index (Phi) is 4.43. The van der Waals surface area contributed by atoms with Crippen LogP contribution in [0, 0.1) is 13.8 Å². The minimum Gasteiger partial charge on any atom is -0.322 e. The number of aryl methyl sites for hydroxylation is 1. The number of pyridine rings is 1. The maximum atomic E-state index is 13.2. The summed E-state index contributed by atoms with van der Waals surface area (Å²) in [6, 6.07) is 25.6. The van der Waals surface area contributed by atoms with Crippen LogP contribution in [0.4, 0.5) is 5.69 Å². The third kappa shape index (κ3) is 3.32. The number of carbonyl (C=O) groups is 1. The molecular weight excluding hydrogens is 332 g/mol. The number of benzene rings is 3. The van der Waals surface area contributed by atoms with Crippen LogP contribution in [-0.2, 0) is 0 Å². The van der Waals surface area contributed by atoms with E-state index in [1.54, 1.807) is 0 Å². The standard InChI is InChI=1S/C24H20N2O/c1-16-12-14-19(15-13-16)25-24(27)22-17(2)23(18-8-4-3-5-9-18)26-21-11-7-6-10-20(21)22/h3-15H,1-2H3,(H,25,27). The summed E-state index contributed by atoms with van der Waals surface area (Å²) in [6.45, 7) is 3.99. The summed E-state index contributed by atoms with van der Waals surface area (Å²) in [5.41, 5.74) is 6.14. The molecule has 4 aromatic rings. The van der Waals surface area contributed by atoms with Crippen molar-refractivity contribution >= 4 is 22.5 Å². The number of aromatic nitrogens is 1. The van der Waals surface area contributed by atoms with E-state index >= 15 is 0 Å². The lowest BCUT2D eigenvalue weighted by Gasteiger charge is -2.15. The molecule has 0 unspecified atom stereocenters. The highest BCUT2D eigenvalue weighted by Crippen LogP contribution is 2.30. The third-order valence-corrected chi connectivity index (χ3v) is 4.72. The molecule has 27 heavy (non-hydrogen) atoms. The van der Waals surface area contributed by atoms with Crippen molar-refractivity contribution in [3.63, 3.8) is 0 Å². The van der Waals surface area contributed by atoms with E-state index in [0.717, 1.165) is 39.0 Å². The number of rotatable bonds is 3. The Morgan fingerprint density at radius 2 is 1.48 bits per heavy atom. The van der Waals surface area contributed by atoms with Gasteiger partial charge in [0.1, 0.15) is 0 Å². The van der Waals surface area contributed by atoms with Crippen molar-refractivity contribution < 1.29 is 4.79 Å². The van der Waals surface area contributed by atoms with E-state index in [1.807, 2.05) is 92.7 Å². The number of carbonyl (C=O) groups excluding carboxylic acids is 1. The van der Waals surface area contributed by atoms with Gasteiger partial charge in [-0.25, -0.2) is 4.98 Å². The molecule has 1 heterocycles. The Bertz CT molecular complexity index is 1120. The molecule has 1 aromatic heterocycles. The number of nitrogens with zero attached hydrogens (tertiary/aromatic N) is 1. The summed E-state index contributed by atoms with van der Waals surface area (Å²) in [4.78, 5) is 18.0. The second-order valence-corrected chi connectivity index (χ2v) is 6.66. The number of amides is 1. The Morgan fingerprint density at radius 1 is 0.815 bits per heavy atom. The Balaban J connectivity index is 1.86. The number of nitrogens with one attached hydrogen (secondary N) is 1. The molecule has 4 rings (SSSR count). The third-order valence-electron chi connectivity index (χ3n) is 4.72. The molecule has 0 saturated heterocycles. The lowest BCUT2D eigenvalue weighted by molar-refractivity contribution is 0.102. The molecule has 0 spiro atoms. The van der Waals surface area contributed by atoms with Gasteiger partial charge >= 0.3 is 0 Å². The van der Waals surface area contributed by atoms with Gasteiger partial charge in [-0.2, -0.15) is 0 Å². The maximum Gasteiger partial charge on any atom is 0.256 e. The van der Waals surface area contributed by atoms with Crippen LogP contribution in [-0.4, -0.2) is 10.9 Å². The molecule has 0 aliphatic rings. The molecular formula is C24H20N2O. The van der Waals surface area contributed by atoms with Gasteiger partial charge in [-0.1, -0.05) is 66.2 Å². The molecule has 0 aliphatic heterocycles. The van der Waals surface area contributed by atoms with Crippen LogP contribution in [0.15, 0.2) is 78.9 Å². The first-order chi connectivity index (χ1) is 13.1. The van der Waals surface area contributed by atoms with E-state index in [2.05, 4.69) is 5.32 Å². The minimum atomic E-state index is -0.118. The molecule has 0 radical (unpaired) electrons. The molecule has 0 atom stereocenters. The van der Waals surface area contributed by atoms with Crippen molar-refractivity contribution in [2.24, 2.45) is 0 Å². The largest absolute Gasteiger partial charge is 0.322 e. The van der Waals surface area contributed by atoms with E-state index in [1.165, 1.54) is 0 Å². The molecule has 3 aromatic carbocycles. The topological polar surface area (TPSA) is 42.0 Å². The van der Waals surface area contributed by atoms with Crippen LogP contribution in [0.3, 0.4) is 0 Å². The normalized spacial score (nSPS) is 10.7. The average Bonchev–Trinajstić information content (AvgIpc) is 2.70. The summed E-state index contributed by atoms with van der Waals surface area (Å²) in [6.07, 6.45) is 0. The van der Waals surface area contributed by atoms with Crippen molar-refractivity contribution in [3.05, 3.63) is 95.6 Å². The first-order valence-corrected chi connectivity index (χ1v) is 8.96. The Hall–Kier alpha value is -3.46. The van der Waals surface area contributed by atoms with Gasteiger partial charge in [0.05, 0.1) is 16.8 Å². The quantitative estimate of drug-likeness (QED) is 0.508. The van der Waals surface area contributed by atoms with Crippen molar-refractivity contribution in [2.45, 2.75) is 13.8 Å². The van der Waals surface area contributed by atoms with Crippen molar-refractivity contribution in [1.29, 1.82) is 0 Å². The van der Waals surface area contributed by atoms with Gasteiger partial charge in [0.2, 0.25) is 0 Å². The zero-order valence-electron chi connectivity index (χ0n) is 15.4. The van der Waals surface area contributed by atoms with Crippen LogP contribution in [0.5, 0.6) is 0 Å². The molecule has 0 fully saturated rings. The summed E-state index contributed by atoms with van der Waals surface area (Å²) in [5, 5.41) is 3.89. The molecule has 1 N–H and O–H groups in total. The summed E-state index contributed by atoms with van der Waals surface area (Å²) in [5.74, 6) is -0.118. The fourth-order valence-electron chi connectivity index (χ4n) is 3.31.